The van der Waals surface area contributed by atoms with Gasteiger partial charge in [-0.25, -0.2) is 0 Å². The number of hydrogen-bond acceptors (Lipinski definition) is 3. The van der Waals surface area contributed by atoms with Crippen LogP contribution >= 0.6 is 11.6 Å². The van der Waals surface area contributed by atoms with Crippen molar-refractivity contribution in [2.24, 2.45) is 0 Å². The van der Waals surface area contributed by atoms with Gasteiger partial charge in [-0.3, -0.25) is 0 Å². The van der Waals surface area contributed by atoms with Crippen LogP contribution in [-0.4, -0.2) is 0 Å². The Bertz CT molecular complexity index is 678. The summed E-state index contributed by atoms with van der Waals surface area (Å²) in [6.07, 6.45) is 0.418. The predicted molar refractivity (Wildman–Crippen MR) is 79.3 cm³/mol. The molecule has 0 amide bonds. The molecule has 0 spiro atoms. The van der Waals surface area contributed by atoms with E-state index in [1.807, 2.05) is 30.3 Å². The number of anilines is 1. The van der Waals surface area contributed by atoms with Gasteiger partial charge in [0.15, 0.2) is 0 Å². The van der Waals surface area contributed by atoms with E-state index < -0.39 is 0 Å². The molecule has 1 N–H and O–H groups in total. The fourth-order valence-electron chi connectivity index (χ4n) is 1.79. The Morgan fingerprint density at radius 3 is 2.40 bits per heavy atom. The lowest BCUT2D eigenvalue weighted by molar-refractivity contribution is 1.14. The number of nitriles is 2. The van der Waals surface area contributed by atoms with Gasteiger partial charge in [0.05, 0.1) is 24.1 Å². The number of benzene rings is 2. The third-order valence-corrected chi connectivity index (χ3v) is 3.25. The lowest BCUT2D eigenvalue weighted by Gasteiger charge is -2.08. The summed E-state index contributed by atoms with van der Waals surface area (Å²) in [6, 6.07) is 17.1. The Balaban J connectivity index is 2.02. The Kier molecular flexibility index (Phi) is 4.60. The molecule has 0 aliphatic heterocycles. The van der Waals surface area contributed by atoms with Gasteiger partial charge in [-0.15, -0.1) is 0 Å². The first-order valence-electron chi connectivity index (χ1n) is 6.11. The minimum atomic E-state index is 0.418. The van der Waals surface area contributed by atoms with Crippen molar-refractivity contribution in [3.8, 4) is 12.1 Å². The minimum Gasteiger partial charge on any atom is -0.381 e. The maximum Gasteiger partial charge on any atom is 0.0992 e. The molecule has 98 valence electrons. The third-order valence-electron chi connectivity index (χ3n) is 2.90. The van der Waals surface area contributed by atoms with E-state index in [0.717, 1.165) is 16.8 Å². The molecular weight excluding hydrogens is 270 g/mol. The minimum absolute atomic E-state index is 0.418. The molecule has 0 bridgehead atoms. The van der Waals surface area contributed by atoms with Crippen LogP contribution in [0.3, 0.4) is 0 Å². The highest BCUT2D eigenvalue weighted by Crippen LogP contribution is 2.19. The Labute approximate surface area is 123 Å². The molecule has 0 heterocycles. The van der Waals surface area contributed by atoms with Crippen molar-refractivity contribution in [3.63, 3.8) is 0 Å². The fourth-order valence-corrected chi connectivity index (χ4v) is 2.04. The van der Waals surface area contributed by atoms with Crippen LogP contribution in [0, 0.1) is 22.7 Å². The van der Waals surface area contributed by atoms with E-state index in [0.29, 0.717) is 23.6 Å². The van der Waals surface area contributed by atoms with E-state index in [9.17, 15) is 0 Å². The average Bonchev–Trinajstić information content (AvgIpc) is 2.48. The van der Waals surface area contributed by atoms with Crippen molar-refractivity contribution in [3.05, 3.63) is 64.2 Å². The molecule has 0 unspecified atom stereocenters. The maximum atomic E-state index is 8.78. The third kappa shape index (κ3) is 3.51. The second kappa shape index (κ2) is 6.61. The zero-order valence-electron chi connectivity index (χ0n) is 10.7. The van der Waals surface area contributed by atoms with Gasteiger partial charge in [0.1, 0.15) is 0 Å². The van der Waals surface area contributed by atoms with Crippen LogP contribution < -0.4 is 5.32 Å². The highest BCUT2D eigenvalue weighted by atomic mass is 35.5. The van der Waals surface area contributed by atoms with Crippen molar-refractivity contribution in [1.29, 1.82) is 10.5 Å². The van der Waals surface area contributed by atoms with Crippen LogP contribution in [0.4, 0.5) is 5.69 Å². The van der Waals surface area contributed by atoms with Crippen LogP contribution in [-0.2, 0) is 13.0 Å². The van der Waals surface area contributed by atoms with E-state index in [4.69, 9.17) is 22.1 Å². The topological polar surface area (TPSA) is 59.6 Å². The molecular formula is C16H12ClN3. The van der Waals surface area contributed by atoms with Crippen LogP contribution in [0.2, 0.25) is 5.02 Å². The van der Waals surface area contributed by atoms with Gasteiger partial charge >= 0.3 is 0 Å². The summed E-state index contributed by atoms with van der Waals surface area (Å²) in [5.41, 5.74) is 3.45. The van der Waals surface area contributed by atoms with Gasteiger partial charge in [-0.1, -0.05) is 29.8 Å². The Morgan fingerprint density at radius 2 is 1.80 bits per heavy atom. The van der Waals surface area contributed by atoms with Gasteiger partial charge in [-0.05, 0) is 35.4 Å². The molecule has 3 nitrogen and oxygen atoms in total. The molecule has 0 radical (unpaired) electrons. The Hall–Kier alpha value is -2.49. The summed E-state index contributed by atoms with van der Waals surface area (Å²) >= 11 is 6.11. The molecule has 0 aromatic heterocycles. The molecule has 2 aromatic rings. The monoisotopic (exact) mass is 281 g/mol. The lowest BCUT2D eigenvalue weighted by atomic mass is 10.1. The van der Waals surface area contributed by atoms with E-state index in [-0.39, 0.29) is 0 Å². The summed E-state index contributed by atoms with van der Waals surface area (Å²) in [5, 5.41) is 21.2. The molecule has 2 aromatic carbocycles. The molecule has 4 heteroatoms. The van der Waals surface area contributed by atoms with Crippen LogP contribution in [0.25, 0.3) is 0 Å². The largest absolute Gasteiger partial charge is 0.381 e. The number of halogens is 1. The lowest BCUT2D eigenvalue weighted by Crippen LogP contribution is -2.00. The average molecular weight is 282 g/mol. The van der Waals surface area contributed by atoms with E-state index in [1.165, 1.54) is 0 Å². The number of nitrogens with one attached hydrogen (secondary N) is 1. The molecule has 0 aliphatic rings. The molecule has 0 atom stereocenters. The molecule has 0 aliphatic carbocycles. The van der Waals surface area contributed by atoms with E-state index in [2.05, 4.69) is 17.5 Å². The summed E-state index contributed by atoms with van der Waals surface area (Å²) in [4.78, 5) is 0. The van der Waals surface area contributed by atoms with Gasteiger partial charge in [0, 0.05) is 17.3 Å². The van der Waals surface area contributed by atoms with Crippen LogP contribution in [0.5, 0.6) is 0 Å². The van der Waals surface area contributed by atoms with E-state index >= 15 is 0 Å². The normalized spacial score (nSPS) is 9.55. The van der Waals surface area contributed by atoms with Gasteiger partial charge in [0.25, 0.3) is 0 Å². The van der Waals surface area contributed by atoms with Crippen LogP contribution in [0.1, 0.15) is 16.7 Å². The summed E-state index contributed by atoms with van der Waals surface area (Å²) in [5.74, 6) is 0. The van der Waals surface area contributed by atoms with Crippen molar-refractivity contribution >= 4 is 17.3 Å². The fraction of sp³-hybridized carbons (Fsp3) is 0.125. The molecule has 2 rings (SSSR count). The van der Waals surface area contributed by atoms with Gasteiger partial charge in [-0.2, -0.15) is 10.5 Å². The van der Waals surface area contributed by atoms with Crippen LogP contribution in [0.15, 0.2) is 42.5 Å². The molecule has 20 heavy (non-hydrogen) atoms. The standard InChI is InChI=1S/C16H12ClN3/c17-16-9-13(10-19)1-4-14(16)11-20-15-5-2-12(3-6-15)7-8-18/h1-6,9,20H,7,11H2. The predicted octanol–water partition coefficient (Wildman–Crippen LogP) is 3.89. The molecule has 0 saturated heterocycles. The van der Waals surface area contributed by atoms with Crippen molar-refractivity contribution in [2.45, 2.75) is 13.0 Å². The van der Waals surface area contributed by atoms with Crippen molar-refractivity contribution < 1.29 is 0 Å². The van der Waals surface area contributed by atoms with Gasteiger partial charge < -0.3 is 5.32 Å². The number of nitrogens with zero attached hydrogens (tertiary/aromatic N) is 2. The second-order valence-electron chi connectivity index (χ2n) is 4.30. The maximum absolute atomic E-state index is 8.78. The Morgan fingerprint density at radius 1 is 1.05 bits per heavy atom. The summed E-state index contributed by atoms with van der Waals surface area (Å²) in [6.45, 7) is 0.585. The first-order valence-corrected chi connectivity index (χ1v) is 6.49. The first-order chi connectivity index (χ1) is 9.72. The summed E-state index contributed by atoms with van der Waals surface area (Å²) in [7, 11) is 0. The summed E-state index contributed by atoms with van der Waals surface area (Å²) < 4.78 is 0. The zero-order chi connectivity index (χ0) is 14.4. The number of rotatable bonds is 4. The quantitative estimate of drug-likeness (QED) is 0.925. The SMILES string of the molecule is N#CCc1ccc(NCc2ccc(C#N)cc2Cl)cc1. The van der Waals surface area contributed by atoms with E-state index in [1.54, 1.807) is 12.1 Å². The van der Waals surface area contributed by atoms with Gasteiger partial charge in [0.2, 0.25) is 0 Å². The highest BCUT2D eigenvalue weighted by molar-refractivity contribution is 6.31. The molecule has 0 fully saturated rings. The van der Waals surface area contributed by atoms with Crippen molar-refractivity contribution in [1.82, 2.24) is 0 Å². The first kappa shape index (κ1) is 13.9. The number of hydrogen-bond donors (Lipinski definition) is 1. The zero-order valence-corrected chi connectivity index (χ0v) is 11.5. The highest BCUT2D eigenvalue weighted by Gasteiger charge is 2.02. The second-order valence-corrected chi connectivity index (χ2v) is 4.71. The smallest absolute Gasteiger partial charge is 0.0992 e. The van der Waals surface area contributed by atoms with Crippen molar-refractivity contribution in [2.75, 3.05) is 5.32 Å². The molecule has 0 saturated carbocycles.